The molecule has 0 spiro atoms. The standard InChI is InChI=1S/C46H68N6O8S2/c1-5-9-11-13-15-17-27-61(57,58)47-23-19-41(53)49-37-31-39-33(21-25-51(39)7-3)29-35(37)43-45(55)44(46(43)56)36-30-34-22-26-52(8-4)40(34)32-38(36)50-42(54)20-24-48-62(59,60)28-18-16-14-12-10-6-2/h29-32,47-48,55H,5-28H2,1-4H3,(H,49,53)/b44-36-,50-38?. The van der Waals surface area contributed by atoms with Crippen molar-refractivity contribution < 1.29 is 36.3 Å². The van der Waals surface area contributed by atoms with Crippen LogP contribution >= 0.6 is 0 Å². The second-order valence-electron chi connectivity index (χ2n) is 16.6. The number of amides is 2. The third-order valence-electron chi connectivity index (χ3n) is 12.0. The lowest BCUT2D eigenvalue weighted by molar-refractivity contribution is -0.118. The minimum absolute atomic E-state index is 0.00205. The average Bonchev–Trinajstić information content (AvgIpc) is 3.83. The van der Waals surface area contributed by atoms with Crippen LogP contribution in [0.5, 0.6) is 0 Å². The van der Waals surface area contributed by atoms with E-state index in [1.807, 2.05) is 26.0 Å². The predicted octanol–water partition coefficient (Wildman–Crippen LogP) is 7.01. The maximum Gasteiger partial charge on any atom is 0.247 e. The van der Waals surface area contributed by atoms with E-state index in [4.69, 9.17) is 0 Å². The Morgan fingerprint density at radius 1 is 0.726 bits per heavy atom. The number of unbranched alkanes of at least 4 members (excludes halogenated alkanes) is 10. The summed E-state index contributed by atoms with van der Waals surface area (Å²) in [4.78, 5) is 49.6. The molecule has 0 atom stereocenters. The summed E-state index contributed by atoms with van der Waals surface area (Å²) in [7, 11) is -7.10. The van der Waals surface area contributed by atoms with Gasteiger partial charge in [-0.2, -0.15) is 0 Å². The molecule has 0 aromatic heterocycles. The number of hydrogen-bond acceptors (Lipinski definition) is 10. The summed E-state index contributed by atoms with van der Waals surface area (Å²) in [5.74, 6) is -1.78. The van der Waals surface area contributed by atoms with E-state index in [0.29, 0.717) is 42.5 Å². The fourth-order valence-corrected chi connectivity index (χ4v) is 10.8. The first-order valence-corrected chi connectivity index (χ1v) is 26.2. The number of aliphatic imine (C=N–C) groups is 1. The third kappa shape index (κ3) is 13.0. The monoisotopic (exact) mass is 896 g/mol. The van der Waals surface area contributed by atoms with E-state index in [2.05, 4.69) is 43.4 Å². The Labute approximate surface area is 369 Å². The van der Waals surface area contributed by atoms with Gasteiger partial charge in [0, 0.05) is 74.6 Å². The number of anilines is 2. The molecule has 16 heteroatoms. The lowest BCUT2D eigenvalue weighted by Crippen LogP contribution is -2.30. The summed E-state index contributed by atoms with van der Waals surface area (Å²) >= 11 is 0. The average molecular weight is 897 g/mol. The van der Waals surface area contributed by atoms with Gasteiger partial charge in [-0.1, -0.05) is 78.1 Å². The van der Waals surface area contributed by atoms with Crippen LogP contribution in [0.3, 0.4) is 0 Å². The van der Waals surface area contributed by atoms with Crippen molar-refractivity contribution in [3.05, 3.63) is 63.6 Å². The van der Waals surface area contributed by atoms with Crippen molar-refractivity contribution in [2.24, 2.45) is 4.99 Å². The van der Waals surface area contributed by atoms with Crippen molar-refractivity contribution in [3.63, 3.8) is 0 Å². The number of nitrogens with zero attached hydrogens (tertiary/aromatic N) is 3. The quantitative estimate of drug-likeness (QED) is 0.0555. The molecule has 2 aliphatic carbocycles. The summed E-state index contributed by atoms with van der Waals surface area (Å²) in [5.41, 5.74) is 4.93. The second kappa shape index (κ2) is 23.0. The highest BCUT2D eigenvalue weighted by molar-refractivity contribution is 7.89. The maximum atomic E-state index is 14.3. The largest absolute Gasteiger partial charge is 0.506 e. The van der Waals surface area contributed by atoms with Gasteiger partial charge < -0.3 is 20.2 Å². The minimum atomic E-state index is -3.56. The van der Waals surface area contributed by atoms with Gasteiger partial charge in [-0.15, -0.1) is 0 Å². The lowest BCUT2D eigenvalue weighted by atomic mass is 9.77. The molecular formula is C46H68N6O8S2. The van der Waals surface area contributed by atoms with Crippen molar-refractivity contribution in [2.45, 2.75) is 130 Å². The van der Waals surface area contributed by atoms with Gasteiger partial charge in [0.25, 0.3) is 0 Å². The number of aliphatic hydroxyl groups excluding tert-OH is 1. The molecular weight excluding hydrogens is 829 g/mol. The van der Waals surface area contributed by atoms with Crippen molar-refractivity contribution in [2.75, 3.05) is 61.0 Å². The van der Waals surface area contributed by atoms with Crippen molar-refractivity contribution in [1.82, 2.24) is 14.3 Å². The Morgan fingerprint density at radius 3 is 1.90 bits per heavy atom. The zero-order chi connectivity index (χ0) is 44.9. The molecule has 0 unspecified atom stereocenters. The van der Waals surface area contributed by atoms with E-state index in [1.165, 1.54) is 0 Å². The number of sulfonamides is 2. The second-order valence-corrected chi connectivity index (χ2v) is 20.5. The number of likely N-dealkylation sites (N-methyl/N-ethyl adjacent to an activating group) is 2. The van der Waals surface area contributed by atoms with Crippen molar-refractivity contribution in [1.29, 1.82) is 0 Å². The van der Waals surface area contributed by atoms with Crippen LogP contribution in [0.1, 0.15) is 135 Å². The summed E-state index contributed by atoms with van der Waals surface area (Å²) in [6, 6.07) is 3.64. The molecule has 1 fully saturated rings. The molecule has 2 heterocycles. The smallest absolute Gasteiger partial charge is 0.247 e. The van der Waals surface area contributed by atoms with Gasteiger partial charge in [-0.25, -0.2) is 31.3 Å². The number of nitrogens with one attached hydrogen (secondary N) is 3. The molecule has 1 aromatic carbocycles. The summed E-state index contributed by atoms with van der Waals surface area (Å²) < 4.78 is 55.5. The highest BCUT2D eigenvalue weighted by atomic mass is 32.2. The van der Waals surface area contributed by atoms with Gasteiger partial charge in [0.1, 0.15) is 5.76 Å². The summed E-state index contributed by atoms with van der Waals surface area (Å²) in [6.45, 7) is 11.1. The van der Waals surface area contributed by atoms with E-state index < -0.39 is 37.6 Å². The number of benzene rings is 1. The first-order chi connectivity index (χ1) is 29.7. The Hall–Kier alpha value is -4.12. The lowest BCUT2D eigenvalue weighted by Gasteiger charge is -2.28. The SMILES string of the molecule is CCCCCCCCS(=O)(=O)NCCC(=O)N=C1C=C2C(=C/C1=C1/C(=O)C(c3cc4c(cc3NC(=O)CCNS(=O)(=O)CCCCCCCC)N(CC)CC4)=C1O)CCN2CC. The zero-order valence-electron chi connectivity index (χ0n) is 37.2. The predicted molar refractivity (Wildman–Crippen MR) is 248 cm³/mol. The van der Waals surface area contributed by atoms with Crippen LogP contribution in [0.15, 0.2) is 57.5 Å². The number of hydrogen-bond donors (Lipinski definition) is 4. The Balaban J connectivity index is 1.35. The molecule has 2 amide bonds. The van der Waals surface area contributed by atoms with Crippen LogP contribution in [-0.2, 0) is 40.9 Å². The summed E-state index contributed by atoms with van der Waals surface area (Å²) in [5, 5.41) is 14.7. The fourth-order valence-electron chi connectivity index (χ4n) is 8.48. The number of carbonyl (C=O) groups is 3. The van der Waals surface area contributed by atoms with Crippen LogP contribution in [0.2, 0.25) is 0 Å². The number of Topliss-reactive ketones (excluding diaryl/α,β-unsaturated/α-hetero) is 1. The number of allylic oxidation sites excluding steroid dienone is 6. The molecule has 1 saturated heterocycles. The number of ketones is 1. The highest BCUT2D eigenvalue weighted by Crippen LogP contribution is 2.45. The molecule has 0 saturated carbocycles. The Morgan fingerprint density at radius 2 is 1.31 bits per heavy atom. The molecule has 14 nitrogen and oxygen atoms in total. The minimum Gasteiger partial charge on any atom is -0.506 e. The molecule has 4 N–H and O–H groups in total. The number of likely N-dealkylation sites (tertiary alicyclic amines) is 1. The molecule has 1 aromatic rings. The van der Waals surface area contributed by atoms with Gasteiger partial charge in [0.15, 0.2) is 0 Å². The zero-order valence-corrected chi connectivity index (χ0v) is 38.9. The molecule has 0 radical (unpaired) electrons. The van der Waals surface area contributed by atoms with E-state index in [0.717, 1.165) is 113 Å². The molecule has 5 rings (SSSR count). The fraction of sp³-hybridized carbons (Fsp3) is 0.609. The van der Waals surface area contributed by atoms with Crippen LogP contribution in [0.25, 0.3) is 5.57 Å². The molecule has 2 aliphatic heterocycles. The summed E-state index contributed by atoms with van der Waals surface area (Å²) in [6.07, 6.45) is 16.1. The number of fused-ring (bicyclic) bond motifs is 2. The van der Waals surface area contributed by atoms with E-state index >= 15 is 0 Å². The Bertz CT molecular complexity index is 2210. The molecule has 0 bridgehead atoms. The number of aliphatic hydroxyl groups is 1. The first-order valence-electron chi connectivity index (χ1n) is 22.9. The molecule has 342 valence electrons. The number of rotatable bonds is 26. The van der Waals surface area contributed by atoms with Crippen LogP contribution in [0, 0.1) is 0 Å². The normalized spacial score (nSPS) is 18.3. The highest BCUT2D eigenvalue weighted by Gasteiger charge is 2.41. The van der Waals surface area contributed by atoms with Crippen LogP contribution in [-0.4, -0.2) is 101 Å². The van der Waals surface area contributed by atoms with Gasteiger partial charge in [-0.3, -0.25) is 14.4 Å². The van der Waals surface area contributed by atoms with Crippen LogP contribution in [0.4, 0.5) is 11.4 Å². The maximum absolute atomic E-state index is 14.3. The van der Waals surface area contributed by atoms with Gasteiger partial charge in [0.05, 0.1) is 34.1 Å². The van der Waals surface area contributed by atoms with Gasteiger partial charge in [0.2, 0.25) is 37.6 Å². The van der Waals surface area contributed by atoms with E-state index in [9.17, 15) is 36.3 Å². The van der Waals surface area contributed by atoms with Crippen molar-refractivity contribution >= 4 is 60.3 Å². The number of carbonyl (C=O) groups excluding carboxylic acids is 3. The Kier molecular flexibility index (Phi) is 18.1. The van der Waals surface area contributed by atoms with E-state index in [1.54, 1.807) is 12.2 Å². The van der Waals surface area contributed by atoms with Gasteiger partial charge >= 0.3 is 0 Å². The van der Waals surface area contributed by atoms with Crippen LogP contribution < -0.4 is 19.7 Å². The van der Waals surface area contributed by atoms with Gasteiger partial charge in [-0.05, 0) is 75.0 Å². The van der Waals surface area contributed by atoms with E-state index in [-0.39, 0.29) is 60.1 Å². The molecule has 62 heavy (non-hydrogen) atoms. The first kappa shape index (κ1) is 48.9. The molecule has 4 aliphatic rings. The van der Waals surface area contributed by atoms with Crippen molar-refractivity contribution in [3.8, 4) is 0 Å². The topological polar surface area (TPSA) is 195 Å². The third-order valence-corrected chi connectivity index (χ3v) is 15.0.